The summed E-state index contributed by atoms with van der Waals surface area (Å²) in [5, 5.41) is 2.99. The fourth-order valence-electron chi connectivity index (χ4n) is 2.94. The summed E-state index contributed by atoms with van der Waals surface area (Å²) in [5.41, 5.74) is 0. The van der Waals surface area contributed by atoms with E-state index in [0.717, 1.165) is 19.3 Å². The first-order valence-electron chi connectivity index (χ1n) is 7.21. The molecule has 0 aromatic rings. The maximum absolute atomic E-state index is 12.0. The SMILES string of the molecule is CC[C@@H](C)NC(=O)[C@H]1CC(=O)N(C2CCCC2)C1. The number of likely N-dealkylation sites (tertiary alicyclic amines) is 1. The van der Waals surface area contributed by atoms with E-state index in [-0.39, 0.29) is 23.8 Å². The Hall–Kier alpha value is -1.06. The maximum atomic E-state index is 12.0. The predicted octanol–water partition coefficient (Wildman–Crippen LogP) is 1.69. The number of rotatable bonds is 4. The van der Waals surface area contributed by atoms with E-state index in [1.54, 1.807) is 0 Å². The molecule has 1 saturated carbocycles. The largest absolute Gasteiger partial charge is 0.353 e. The lowest BCUT2D eigenvalue weighted by Crippen LogP contribution is -2.39. The maximum Gasteiger partial charge on any atom is 0.225 e. The van der Waals surface area contributed by atoms with Gasteiger partial charge in [0.05, 0.1) is 5.92 Å². The molecule has 0 aromatic carbocycles. The van der Waals surface area contributed by atoms with Gasteiger partial charge in [0.25, 0.3) is 0 Å². The van der Waals surface area contributed by atoms with Crippen molar-refractivity contribution >= 4 is 11.8 Å². The van der Waals surface area contributed by atoms with Crippen molar-refractivity contribution in [3.8, 4) is 0 Å². The van der Waals surface area contributed by atoms with E-state index >= 15 is 0 Å². The third-order valence-electron chi connectivity index (χ3n) is 4.30. The highest BCUT2D eigenvalue weighted by Gasteiger charge is 2.38. The van der Waals surface area contributed by atoms with Crippen LogP contribution in [0.3, 0.4) is 0 Å². The Morgan fingerprint density at radius 1 is 1.44 bits per heavy atom. The quantitative estimate of drug-likeness (QED) is 0.827. The minimum absolute atomic E-state index is 0.0539. The van der Waals surface area contributed by atoms with E-state index in [1.165, 1.54) is 12.8 Å². The molecule has 0 bridgehead atoms. The van der Waals surface area contributed by atoms with Crippen molar-refractivity contribution in [2.45, 2.75) is 64.5 Å². The molecule has 1 aliphatic carbocycles. The Kier molecular flexibility index (Phi) is 4.25. The van der Waals surface area contributed by atoms with Gasteiger partial charge in [0.15, 0.2) is 0 Å². The fourth-order valence-corrected chi connectivity index (χ4v) is 2.94. The van der Waals surface area contributed by atoms with Crippen molar-refractivity contribution in [2.75, 3.05) is 6.54 Å². The van der Waals surface area contributed by atoms with E-state index in [2.05, 4.69) is 12.2 Å². The van der Waals surface area contributed by atoms with Crippen LogP contribution in [0, 0.1) is 5.92 Å². The molecule has 4 nitrogen and oxygen atoms in total. The topological polar surface area (TPSA) is 49.4 Å². The van der Waals surface area contributed by atoms with Crippen LogP contribution in [-0.2, 0) is 9.59 Å². The van der Waals surface area contributed by atoms with Crippen molar-refractivity contribution in [3.05, 3.63) is 0 Å². The van der Waals surface area contributed by atoms with Crippen molar-refractivity contribution < 1.29 is 9.59 Å². The summed E-state index contributed by atoms with van der Waals surface area (Å²) in [7, 11) is 0. The first-order chi connectivity index (χ1) is 8.61. The molecule has 4 heteroatoms. The molecule has 2 rings (SSSR count). The summed E-state index contributed by atoms with van der Waals surface area (Å²) in [6.07, 6.45) is 6.00. The normalized spacial score (nSPS) is 26.7. The van der Waals surface area contributed by atoms with Gasteiger partial charge in [-0.2, -0.15) is 0 Å². The molecule has 2 fully saturated rings. The van der Waals surface area contributed by atoms with Gasteiger partial charge < -0.3 is 10.2 Å². The average Bonchev–Trinajstić information content (AvgIpc) is 2.97. The van der Waals surface area contributed by atoms with E-state index in [0.29, 0.717) is 19.0 Å². The zero-order chi connectivity index (χ0) is 13.1. The molecule has 0 unspecified atom stereocenters. The highest BCUT2D eigenvalue weighted by molar-refractivity contribution is 5.89. The third kappa shape index (κ3) is 2.85. The van der Waals surface area contributed by atoms with Crippen molar-refractivity contribution in [2.24, 2.45) is 5.92 Å². The Morgan fingerprint density at radius 2 is 2.11 bits per heavy atom. The van der Waals surface area contributed by atoms with Crippen LogP contribution in [0.2, 0.25) is 0 Å². The Labute approximate surface area is 109 Å². The summed E-state index contributed by atoms with van der Waals surface area (Å²) in [6.45, 7) is 4.69. The minimum Gasteiger partial charge on any atom is -0.353 e. The number of hydrogen-bond acceptors (Lipinski definition) is 2. The van der Waals surface area contributed by atoms with Crippen LogP contribution in [0.15, 0.2) is 0 Å². The summed E-state index contributed by atoms with van der Waals surface area (Å²) in [5.74, 6) is 0.0940. The van der Waals surface area contributed by atoms with E-state index in [4.69, 9.17) is 0 Å². The van der Waals surface area contributed by atoms with Crippen LogP contribution in [-0.4, -0.2) is 35.3 Å². The molecule has 18 heavy (non-hydrogen) atoms. The zero-order valence-electron chi connectivity index (χ0n) is 11.4. The molecule has 2 amide bonds. The fraction of sp³-hybridized carbons (Fsp3) is 0.857. The van der Waals surface area contributed by atoms with Crippen LogP contribution in [0.1, 0.15) is 52.4 Å². The molecule has 0 spiro atoms. The Balaban J connectivity index is 1.89. The van der Waals surface area contributed by atoms with Crippen molar-refractivity contribution in [1.82, 2.24) is 10.2 Å². The third-order valence-corrected chi connectivity index (χ3v) is 4.30. The molecule has 0 aromatic heterocycles. The lowest BCUT2D eigenvalue weighted by atomic mass is 10.1. The van der Waals surface area contributed by atoms with Crippen LogP contribution in [0.5, 0.6) is 0 Å². The number of carbonyl (C=O) groups is 2. The molecule has 2 atom stereocenters. The number of nitrogens with one attached hydrogen (secondary N) is 1. The predicted molar refractivity (Wildman–Crippen MR) is 70.0 cm³/mol. The lowest BCUT2D eigenvalue weighted by Gasteiger charge is -2.24. The Morgan fingerprint density at radius 3 is 2.72 bits per heavy atom. The van der Waals surface area contributed by atoms with Gasteiger partial charge >= 0.3 is 0 Å². The highest BCUT2D eigenvalue weighted by atomic mass is 16.2. The van der Waals surface area contributed by atoms with Gasteiger partial charge in [0, 0.05) is 25.0 Å². The van der Waals surface area contributed by atoms with Crippen molar-refractivity contribution in [3.63, 3.8) is 0 Å². The van der Waals surface area contributed by atoms with Crippen LogP contribution >= 0.6 is 0 Å². The molecular weight excluding hydrogens is 228 g/mol. The number of amides is 2. The van der Waals surface area contributed by atoms with Gasteiger partial charge in [-0.1, -0.05) is 19.8 Å². The van der Waals surface area contributed by atoms with Crippen LogP contribution in [0.4, 0.5) is 0 Å². The summed E-state index contributed by atoms with van der Waals surface area (Å²) < 4.78 is 0. The highest BCUT2D eigenvalue weighted by Crippen LogP contribution is 2.29. The lowest BCUT2D eigenvalue weighted by molar-refractivity contribution is -0.130. The van der Waals surface area contributed by atoms with E-state index < -0.39 is 0 Å². The molecule has 2 aliphatic rings. The first-order valence-corrected chi connectivity index (χ1v) is 7.21. The molecule has 1 N–H and O–H groups in total. The summed E-state index contributed by atoms with van der Waals surface area (Å²) in [6, 6.07) is 0.604. The first kappa shape index (κ1) is 13.4. The average molecular weight is 252 g/mol. The smallest absolute Gasteiger partial charge is 0.225 e. The molecule has 0 radical (unpaired) electrons. The summed E-state index contributed by atoms with van der Waals surface area (Å²) in [4.78, 5) is 26.0. The molecule has 102 valence electrons. The minimum atomic E-state index is -0.132. The second-order valence-electron chi connectivity index (χ2n) is 5.70. The van der Waals surface area contributed by atoms with Gasteiger partial charge in [-0.15, -0.1) is 0 Å². The molecule has 1 heterocycles. The van der Waals surface area contributed by atoms with Gasteiger partial charge in [0.2, 0.25) is 11.8 Å². The standard InChI is InChI=1S/C14H24N2O2/c1-3-10(2)15-14(18)11-8-13(17)16(9-11)12-6-4-5-7-12/h10-12H,3-9H2,1-2H3,(H,15,18)/t10-,11+/m1/s1. The van der Waals surface area contributed by atoms with Gasteiger partial charge in [-0.25, -0.2) is 0 Å². The number of carbonyl (C=O) groups excluding carboxylic acids is 2. The monoisotopic (exact) mass is 252 g/mol. The van der Waals surface area contributed by atoms with E-state index in [9.17, 15) is 9.59 Å². The molecule has 1 aliphatic heterocycles. The van der Waals surface area contributed by atoms with Crippen LogP contribution < -0.4 is 5.32 Å². The molecular formula is C14H24N2O2. The number of nitrogens with zero attached hydrogens (tertiary/aromatic N) is 1. The van der Waals surface area contributed by atoms with Crippen molar-refractivity contribution in [1.29, 1.82) is 0 Å². The second kappa shape index (κ2) is 5.72. The zero-order valence-corrected chi connectivity index (χ0v) is 11.4. The van der Waals surface area contributed by atoms with Gasteiger partial charge in [-0.05, 0) is 26.2 Å². The van der Waals surface area contributed by atoms with Gasteiger partial charge in [0.1, 0.15) is 0 Å². The summed E-state index contributed by atoms with van der Waals surface area (Å²) >= 11 is 0. The Bertz CT molecular complexity index is 324. The molecule has 1 saturated heterocycles. The second-order valence-corrected chi connectivity index (χ2v) is 5.70. The van der Waals surface area contributed by atoms with E-state index in [1.807, 2.05) is 11.8 Å². The van der Waals surface area contributed by atoms with Gasteiger partial charge in [-0.3, -0.25) is 9.59 Å². The number of hydrogen-bond donors (Lipinski definition) is 1. The van der Waals surface area contributed by atoms with Crippen LogP contribution in [0.25, 0.3) is 0 Å².